The number of carbonyl (C=O) groups excluding carboxylic acids is 1. The SMILES string of the molecule is CCCNc1cnc(C(=O)NC(C)C2CCCO2)cn1. The first-order valence-corrected chi connectivity index (χ1v) is 7.19. The van der Waals surface area contributed by atoms with Crippen molar-refractivity contribution >= 4 is 11.7 Å². The Morgan fingerprint density at radius 2 is 2.35 bits per heavy atom. The number of hydrogen-bond donors (Lipinski definition) is 2. The van der Waals surface area contributed by atoms with Gasteiger partial charge < -0.3 is 15.4 Å². The van der Waals surface area contributed by atoms with Crippen molar-refractivity contribution < 1.29 is 9.53 Å². The van der Waals surface area contributed by atoms with Gasteiger partial charge in [0.25, 0.3) is 5.91 Å². The van der Waals surface area contributed by atoms with Crippen molar-refractivity contribution in [2.75, 3.05) is 18.5 Å². The molecule has 1 aliphatic heterocycles. The number of anilines is 1. The molecule has 2 atom stereocenters. The second kappa shape index (κ2) is 7.19. The number of ether oxygens (including phenoxy) is 1. The summed E-state index contributed by atoms with van der Waals surface area (Å²) < 4.78 is 5.55. The van der Waals surface area contributed by atoms with Crippen LogP contribution in [0.2, 0.25) is 0 Å². The molecule has 1 saturated heterocycles. The zero-order chi connectivity index (χ0) is 14.4. The fraction of sp³-hybridized carbons (Fsp3) is 0.643. The first-order chi connectivity index (χ1) is 9.70. The Morgan fingerprint density at radius 1 is 1.50 bits per heavy atom. The molecule has 1 fully saturated rings. The van der Waals surface area contributed by atoms with Crippen LogP contribution in [-0.2, 0) is 4.74 Å². The van der Waals surface area contributed by atoms with E-state index < -0.39 is 0 Å². The van der Waals surface area contributed by atoms with Gasteiger partial charge in [-0.1, -0.05) is 6.92 Å². The van der Waals surface area contributed by atoms with Crippen LogP contribution in [0.4, 0.5) is 5.82 Å². The Balaban J connectivity index is 1.88. The first kappa shape index (κ1) is 14.7. The molecule has 0 bridgehead atoms. The topological polar surface area (TPSA) is 76.1 Å². The number of rotatable bonds is 6. The summed E-state index contributed by atoms with van der Waals surface area (Å²) in [7, 11) is 0. The molecule has 0 spiro atoms. The highest BCUT2D eigenvalue weighted by molar-refractivity contribution is 5.92. The lowest BCUT2D eigenvalue weighted by molar-refractivity contribution is 0.0709. The Morgan fingerprint density at radius 3 is 2.95 bits per heavy atom. The minimum Gasteiger partial charge on any atom is -0.376 e. The monoisotopic (exact) mass is 278 g/mol. The number of carbonyl (C=O) groups is 1. The first-order valence-electron chi connectivity index (χ1n) is 7.19. The predicted octanol–water partition coefficient (Wildman–Crippen LogP) is 1.60. The molecule has 110 valence electrons. The van der Waals surface area contributed by atoms with E-state index in [9.17, 15) is 4.79 Å². The molecule has 0 radical (unpaired) electrons. The fourth-order valence-electron chi connectivity index (χ4n) is 2.16. The van der Waals surface area contributed by atoms with Crippen LogP contribution in [0.1, 0.15) is 43.6 Å². The number of nitrogens with zero attached hydrogens (tertiary/aromatic N) is 2. The van der Waals surface area contributed by atoms with Crippen LogP contribution in [0.3, 0.4) is 0 Å². The summed E-state index contributed by atoms with van der Waals surface area (Å²) in [6.45, 7) is 5.66. The lowest BCUT2D eigenvalue weighted by Crippen LogP contribution is -2.41. The van der Waals surface area contributed by atoms with Gasteiger partial charge in [0, 0.05) is 13.2 Å². The smallest absolute Gasteiger partial charge is 0.271 e. The van der Waals surface area contributed by atoms with Crippen molar-refractivity contribution in [3.63, 3.8) is 0 Å². The summed E-state index contributed by atoms with van der Waals surface area (Å²) in [5.41, 5.74) is 0.330. The third-order valence-electron chi connectivity index (χ3n) is 3.32. The van der Waals surface area contributed by atoms with Crippen LogP contribution in [0.5, 0.6) is 0 Å². The van der Waals surface area contributed by atoms with Crippen LogP contribution in [0.25, 0.3) is 0 Å². The summed E-state index contributed by atoms with van der Waals surface area (Å²) in [5.74, 6) is 0.484. The predicted molar refractivity (Wildman–Crippen MR) is 76.7 cm³/mol. The third kappa shape index (κ3) is 3.90. The Hall–Kier alpha value is -1.69. The van der Waals surface area contributed by atoms with Crippen LogP contribution in [-0.4, -0.2) is 41.2 Å². The van der Waals surface area contributed by atoms with Crippen molar-refractivity contribution in [3.05, 3.63) is 18.1 Å². The molecule has 2 unspecified atom stereocenters. The molecule has 2 heterocycles. The van der Waals surface area contributed by atoms with E-state index in [2.05, 4.69) is 27.5 Å². The third-order valence-corrected chi connectivity index (χ3v) is 3.32. The normalized spacial score (nSPS) is 19.6. The molecular formula is C14H22N4O2. The molecule has 0 saturated carbocycles. The second-order valence-electron chi connectivity index (χ2n) is 5.03. The van der Waals surface area contributed by atoms with Gasteiger partial charge in [0.05, 0.1) is 24.5 Å². The summed E-state index contributed by atoms with van der Waals surface area (Å²) in [5, 5.41) is 6.03. The highest BCUT2D eigenvalue weighted by atomic mass is 16.5. The minimum absolute atomic E-state index is 0.00954. The Bertz CT molecular complexity index is 429. The number of nitrogens with one attached hydrogen (secondary N) is 2. The van der Waals surface area contributed by atoms with E-state index in [1.54, 1.807) is 6.20 Å². The molecule has 0 aromatic carbocycles. The Kier molecular flexibility index (Phi) is 5.29. The van der Waals surface area contributed by atoms with Gasteiger partial charge in [-0.2, -0.15) is 0 Å². The molecule has 20 heavy (non-hydrogen) atoms. The largest absolute Gasteiger partial charge is 0.376 e. The van der Waals surface area contributed by atoms with Gasteiger partial charge in [0.1, 0.15) is 11.5 Å². The second-order valence-corrected chi connectivity index (χ2v) is 5.03. The van der Waals surface area contributed by atoms with Gasteiger partial charge in [-0.25, -0.2) is 9.97 Å². The Labute approximate surface area is 119 Å². The van der Waals surface area contributed by atoms with Gasteiger partial charge in [0.2, 0.25) is 0 Å². The van der Waals surface area contributed by atoms with E-state index in [0.29, 0.717) is 11.5 Å². The van der Waals surface area contributed by atoms with Crippen molar-refractivity contribution in [1.82, 2.24) is 15.3 Å². The van der Waals surface area contributed by atoms with Crippen LogP contribution >= 0.6 is 0 Å². The molecule has 1 aromatic rings. The maximum atomic E-state index is 12.0. The zero-order valence-electron chi connectivity index (χ0n) is 12.1. The molecule has 1 aromatic heterocycles. The molecule has 2 N–H and O–H groups in total. The molecule has 1 aliphatic rings. The molecule has 1 amide bonds. The van der Waals surface area contributed by atoms with Gasteiger partial charge >= 0.3 is 0 Å². The lowest BCUT2D eigenvalue weighted by Gasteiger charge is -2.19. The van der Waals surface area contributed by atoms with Crippen molar-refractivity contribution in [3.8, 4) is 0 Å². The standard InChI is InChI=1S/C14H22N4O2/c1-3-6-15-13-9-16-11(8-17-13)14(19)18-10(2)12-5-4-7-20-12/h8-10,12H,3-7H2,1-2H3,(H,15,17)(H,18,19). The molecule has 6 heteroatoms. The number of amides is 1. The van der Waals surface area contributed by atoms with E-state index >= 15 is 0 Å². The minimum atomic E-state index is -0.206. The highest BCUT2D eigenvalue weighted by Gasteiger charge is 2.24. The van der Waals surface area contributed by atoms with E-state index in [1.165, 1.54) is 6.20 Å². The average Bonchev–Trinajstić information content (AvgIpc) is 3.00. The molecular weight excluding hydrogens is 256 g/mol. The lowest BCUT2D eigenvalue weighted by atomic mass is 10.1. The summed E-state index contributed by atoms with van der Waals surface area (Å²) in [4.78, 5) is 20.4. The van der Waals surface area contributed by atoms with Crippen LogP contribution in [0.15, 0.2) is 12.4 Å². The zero-order valence-corrected chi connectivity index (χ0v) is 12.1. The van der Waals surface area contributed by atoms with Gasteiger partial charge in [-0.3, -0.25) is 4.79 Å². The fourth-order valence-corrected chi connectivity index (χ4v) is 2.16. The van der Waals surface area contributed by atoms with E-state index in [4.69, 9.17) is 4.74 Å². The van der Waals surface area contributed by atoms with Gasteiger partial charge in [-0.15, -0.1) is 0 Å². The molecule has 0 aliphatic carbocycles. The summed E-state index contributed by atoms with van der Waals surface area (Å²) in [6.07, 6.45) is 6.26. The van der Waals surface area contributed by atoms with Crippen molar-refractivity contribution in [1.29, 1.82) is 0 Å². The number of aromatic nitrogens is 2. The van der Waals surface area contributed by atoms with E-state index in [-0.39, 0.29) is 18.1 Å². The van der Waals surface area contributed by atoms with Crippen LogP contribution in [0, 0.1) is 0 Å². The van der Waals surface area contributed by atoms with Gasteiger partial charge in [-0.05, 0) is 26.2 Å². The quantitative estimate of drug-likeness (QED) is 0.826. The summed E-state index contributed by atoms with van der Waals surface area (Å²) in [6, 6.07) is -0.00954. The maximum Gasteiger partial charge on any atom is 0.271 e. The van der Waals surface area contributed by atoms with Crippen LogP contribution < -0.4 is 10.6 Å². The molecule has 2 rings (SSSR count). The highest BCUT2D eigenvalue weighted by Crippen LogP contribution is 2.15. The summed E-state index contributed by atoms with van der Waals surface area (Å²) >= 11 is 0. The van der Waals surface area contributed by atoms with Gasteiger partial charge in [0.15, 0.2) is 0 Å². The average molecular weight is 278 g/mol. The van der Waals surface area contributed by atoms with E-state index in [1.807, 2.05) is 6.92 Å². The maximum absolute atomic E-state index is 12.0. The van der Waals surface area contributed by atoms with Crippen molar-refractivity contribution in [2.45, 2.75) is 45.3 Å². The van der Waals surface area contributed by atoms with Crippen molar-refractivity contribution in [2.24, 2.45) is 0 Å². The molecule has 6 nitrogen and oxygen atoms in total. The number of hydrogen-bond acceptors (Lipinski definition) is 5. The van der Waals surface area contributed by atoms with E-state index in [0.717, 1.165) is 32.4 Å².